The number of nitrogens with zero attached hydrogens (tertiary/aromatic N) is 3. The van der Waals surface area contributed by atoms with E-state index in [1.807, 2.05) is 60.9 Å². The van der Waals surface area contributed by atoms with Gasteiger partial charge in [-0.15, -0.1) is 0 Å². The van der Waals surface area contributed by atoms with Gasteiger partial charge in [-0.3, -0.25) is 4.79 Å². The first-order valence-electron chi connectivity index (χ1n) is 11.8. The Morgan fingerprint density at radius 2 is 1.89 bits per heavy atom. The molecule has 1 N–H and O–H groups in total. The third-order valence-electron chi connectivity index (χ3n) is 6.47. The van der Waals surface area contributed by atoms with Crippen molar-refractivity contribution in [1.82, 2.24) is 9.55 Å². The maximum Gasteiger partial charge on any atom is 0.227 e. The second kappa shape index (κ2) is 9.50. The number of carbonyl (C=O) groups excluding carboxylic acids is 1. The van der Waals surface area contributed by atoms with E-state index < -0.39 is 11.9 Å². The highest BCUT2D eigenvalue weighted by Crippen LogP contribution is 2.34. The maximum atomic E-state index is 14.4. The lowest BCUT2D eigenvalue weighted by Gasteiger charge is -2.19. The molecule has 2 heterocycles. The zero-order valence-corrected chi connectivity index (χ0v) is 19.8. The minimum absolute atomic E-state index is 0.126. The summed E-state index contributed by atoms with van der Waals surface area (Å²) in [5, 5.41) is 10.9. The summed E-state index contributed by atoms with van der Waals surface area (Å²) in [5.41, 5.74) is 4.13. The number of aryl methyl sites for hydroxylation is 2. The molecule has 5 rings (SSSR count). The van der Waals surface area contributed by atoms with Gasteiger partial charge in [0.2, 0.25) is 5.91 Å². The fourth-order valence-electron chi connectivity index (χ4n) is 4.79. The van der Waals surface area contributed by atoms with Crippen LogP contribution in [0.15, 0.2) is 66.7 Å². The quantitative estimate of drug-likeness (QED) is 0.421. The molecule has 1 saturated heterocycles. The number of rotatable bonds is 7. The molecule has 0 spiro atoms. The van der Waals surface area contributed by atoms with E-state index in [0.717, 1.165) is 27.9 Å². The predicted octanol–water partition coefficient (Wildman–Crippen LogP) is 4.75. The second-order valence-electron chi connectivity index (χ2n) is 9.16. The van der Waals surface area contributed by atoms with Crippen LogP contribution in [0.5, 0.6) is 5.75 Å². The molecule has 7 heteroatoms. The summed E-state index contributed by atoms with van der Waals surface area (Å²) in [5.74, 6) is 0.671. The number of imidazole rings is 1. The van der Waals surface area contributed by atoms with Crippen molar-refractivity contribution in [2.24, 2.45) is 0 Å². The van der Waals surface area contributed by atoms with Gasteiger partial charge in [0.25, 0.3) is 0 Å². The maximum absolute atomic E-state index is 14.4. The number of aliphatic hydroxyl groups excluding tert-OH is 1. The molecule has 1 amide bonds. The van der Waals surface area contributed by atoms with Crippen LogP contribution in [0.4, 0.5) is 10.1 Å². The SMILES string of the molecule is Cc1ccc(OC[C@H](O)Cn2c([C@@H]3CC(=O)N(c4ccccc4F)C3)nc3ccccc32)c(C)c1. The summed E-state index contributed by atoms with van der Waals surface area (Å²) >= 11 is 0. The Balaban J connectivity index is 1.39. The van der Waals surface area contributed by atoms with E-state index in [-0.39, 0.29) is 37.1 Å². The zero-order chi connectivity index (χ0) is 24.5. The van der Waals surface area contributed by atoms with Crippen LogP contribution in [0.2, 0.25) is 0 Å². The Hall–Kier alpha value is -3.71. The minimum Gasteiger partial charge on any atom is -0.491 e. The number of amides is 1. The Bertz CT molecular complexity index is 1380. The molecule has 1 fully saturated rings. The molecule has 6 nitrogen and oxygen atoms in total. The fourth-order valence-corrected chi connectivity index (χ4v) is 4.79. The first-order valence-corrected chi connectivity index (χ1v) is 11.8. The average molecular weight is 474 g/mol. The molecule has 0 saturated carbocycles. The number of hydrogen-bond acceptors (Lipinski definition) is 4. The molecule has 1 aliphatic rings. The van der Waals surface area contributed by atoms with Crippen LogP contribution in [-0.4, -0.2) is 39.8 Å². The van der Waals surface area contributed by atoms with E-state index in [4.69, 9.17) is 9.72 Å². The van der Waals surface area contributed by atoms with Gasteiger partial charge in [-0.1, -0.05) is 42.0 Å². The van der Waals surface area contributed by atoms with Crippen LogP contribution in [0.25, 0.3) is 11.0 Å². The van der Waals surface area contributed by atoms with Crippen molar-refractivity contribution in [2.45, 2.75) is 38.8 Å². The highest BCUT2D eigenvalue weighted by atomic mass is 19.1. The smallest absolute Gasteiger partial charge is 0.227 e. The first-order chi connectivity index (χ1) is 16.9. The lowest BCUT2D eigenvalue weighted by atomic mass is 10.1. The third-order valence-corrected chi connectivity index (χ3v) is 6.47. The molecule has 0 aliphatic carbocycles. The van der Waals surface area contributed by atoms with Crippen LogP contribution in [-0.2, 0) is 11.3 Å². The first kappa shape index (κ1) is 23.1. The number of anilines is 1. The van der Waals surface area contributed by atoms with E-state index in [0.29, 0.717) is 12.4 Å². The van der Waals surface area contributed by atoms with Gasteiger partial charge in [-0.25, -0.2) is 9.37 Å². The van der Waals surface area contributed by atoms with Crippen molar-refractivity contribution < 1.29 is 19.0 Å². The summed E-state index contributed by atoms with van der Waals surface area (Å²) in [6.07, 6.45) is -0.556. The Labute approximate surface area is 203 Å². The average Bonchev–Trinajstić information content (AvgIpc) is 3.39. The lowest BCUT2D eigenvalue weighted by molar-refractivity contribution is -0.117. The number of hydrogen-bond donors (Lipinski definition) is 1. The summed E-state index contributed by atoms with van der Waals surface area (Å²) in [4.78, 5) is 19.1. The summed E-state index contributed by atoms with van der Waals surface area (Å²) in [6.45, 7) is 4.73. The highest BCUT2D eigenvalue weighted by molar-refractivity contribution is 5.96. The number of carbonyl (C=O) groups is 1. The number of aliphatic hydroxyl groups is 1. The standard InChI is InChI=1S/C28H28FN3O3/c1-18-11-12-26(19(2)13-18)35-17-21(33)16-32-25-10-6-4-8-23(25)30-28(32)20-14-27(34)31(15-20)24-9-5-3-7-22(24)29/h3-13,20-21,33H,14-17H2,1-2H3/t20-,21-/m1/s1. The molecule has 3 aromatic carbocycles. The monoisotopic (exact) mass is 473 g/mol. The minimum atomic E-state index is -0.785. The fraction of sp³-hybridized carbons (Fsp3) is 0.286. The van der Waals surface area contributed by atoms with Crippen LogP contribution < -0.4 is 9.64 Å². The molecule has 4 aromatic rings. The number of para-hydroxylation sites is 3. The molecule has 2 atom stereocenters. The van der Waals surface area contributed by atoms with Crippen molar-refractivity contribution in [1.29, 1.82) is 0 Å². The normalized spacial score (nSPS) is 16.7. The molecule has 1 aliphatic heterocycles. The Kier molecular flexibility index (Phi) is 6.26. The van der Waals surface area contributed by atoms with Gasteiger partial charge in [-0.2, -0.15) is 0 Å². The molecule has 0 unspecified atom stereocenters. The van der Waals surface area contributed by atoms with Gasteiger partial charge < -0.3 is 19.3 Å². The summed E-state index contributed by atoms with van der Waals surface area (Å²) in [6, 6.07) is 20.0. The largest absolute Gasteiger partial charge is 0.491 e. The van der Waals surface area contributed by atoms with E-state index in [1.54, 1.807) is 18.2 Å². The van der Waals surface area contributed by atoms with E-state index in [2.05, 4.69) is 0 Å². The van der Waals surface area contributed by atoms with Gasteiger partial charge in [0.15, 0.2) is 0 Å². The second-order valence-corrected chi connectivity index (χ2v) is 9.16. The number of halogens is 1. The highest BCUT2D eigenvalue weighted by Gasteiger charge is 2.36. The van der Waals surface area contributed by atoms with Crippen molar-refractivity contribution in [2.75, 3.05) is 18.1 Å². The van der Waals surface area contributed by atoms with Gasteiger partial charge in [-0.05, 0) is 49.7 Å². The van der Waals surface area contributed by atoms with Gasteiger partial charge in [0.1, 0.15) is 30.1 Å². The number of ether oxygens (including phenoxy) is 1. The Morgan fingerprint density at radius 1 is 1.11 bits per heavy atom. The Morgan fingerprint density at radius 3 is 2.69 bits per heavy atom. The summed E-state index contributed by atoms with van der Waals surface area (Å²) in [7, 11) is 0. The van der Waals surface area contributed by atoms with Crippen LogP contribution >= 0.6 is 0 Å². The summed E-state index contributed by atoms with van der Waals surface area (Å²) < 4.78 is 22.2. The van der Waals surface area contributed by atoms with Crippen molar-refractivity contribution in [3.8, 4) is 5.75 Å². The van der Waals surface area contributed by atoms with Crippen LogP contribution in [0.1, 0.15) is 29.3 Å². The van der Waals surface area contributed by atoms with E-state index >= 15 is 0 Å². The number of benzene rings is 3. The molecule has 1 aromatic heterocycles. The van der Waals surface area contributed by atoms with Crippen LogP contribution in [0.3, 0.4) is 0 Å². The number of aromatic nitrogens is 2. The number of fused-ring (bicyclic) bond motifs is 1. The van der Waals surface area contributed by atoms with Crippen LogP contribution in [0, 0.1) is 19.7 Å². The van der Waals surface area contributed by atoms with Gasteiger partial charge >= 0.3 is 0 Å². The predicted molar refractivity (Wildman–Crippen MR) is 133 cm³/mol. The molecule has 0 radical (unpaired) electrons. The van der Waals surface area contributed by atoms with Gasteiger partial charge in [0.05, 0.1) is 23.3 Å². The lowest BCUT2D eigenvalue weighted by Crippen LogP contribution is -2.27. The third kappa shape index (κ3) is 4.64. The molecule has 0 bridgehead atoms. The van der Waals surface area contributed by atoms with E-state index in [1.165, 1.54) is 11.0 Å². The zero-order valence-electron chi connectivity index (χ0n) is 19.8. The van der Waals surface area contributed by atoms with E-state index in [9.17, 15) is 14.3 Å². The molecule has 180 valence electrons. The molecule has 35 heavy (non-hydrogen) atoms. The van der Waals surface area contributed by atoms with Crippen molar-refractivity contribution in [3.05, 3.63) is 89.5 Å². The van der Waals surface area contributed by atoms with Crippen molar-refractivity contribution in [3.63, 3.8) is 0 Å². The molecular formula is C28H28FN3O3. The van der Waals surface area contributed by atoms with Gasteiger partial charge in [0, 0.05) is 18.9 Å². The topological polar surface area (TPSA) is 67.6 Å². The van der Waals surface area contributed by atoms with Crippen molar-refractivity contribution >= 4 is 22.6 Å². The molecular weight excluding hydrogens is 445 g/mol.